The van der Waals surface area contributed by atoms with Crippen LogP contribution < -0.4 is 15.5 Å². The van der Waals surface area contributed by atoms with Gasteiger partial charge in [0.2, 0.25) is 0 Å². The van der Waals surface area contributed by atoms with Gasteiger partial charge < -0.3 is 10.1 Å². The van der Waals surface area contributed by atoms with E-state index in [9.17, 15) is 0 Å². The number of nitrogens with one attached hydrogen (secondary N) is 2. The molecule has 6 heteroatoms. The molecule has 0 amide bonds. The van der Waals surface area contributed by atoms with Crippen LogP contribution in [0.5, 0.6) is 5.75 Å². The van der Waals surface area contributed by atoms with Crippen molar-refractivity contribution >= 4 is 46.1 Å². The third-order valence-electron chi connectivity index (χ3n) is 3.15. The van der Waals surface area contributed by atoms with Gasteiger partial charge in [0.05, 0.1) is 9.78 Å². The molecule has 2 rings (SSSR count). The van der Waals surface area contributed by atoms with Crippen LogP contribution in [0, 0.1) is 10.5 Å². The average molecular weight is 453 g/mol. The van der Waals surface area contributed by atoms with Gasteiger partial charge in [-0.05, 0) is 78.0 Å². The molecule has 0 bridgehead atoms. The number of hydrazone groups is 1. The fraction of sp³-hybridized carbons (Fsp3) is 0.222. The van der Waals surface area contributed by atoms with E-state index in [0.29, 0.717) is 11.7 Å². The second-order valence-electron chi connectivity index (χ2n) is 5.20. The fourth-order valence-electron chi connectivity index (χ4n) is 2.04. The molecule has 0 aliphatic rings. The summed E-state index contributed by atoms with van der Waals surface area (Å²) in [6, 6.07) is 14.3. The highest BCUT2D eigenvalue weighted by Crippen LogP contribution is 2.22. The lowest BCUT2D eigenvalue weighted by Gasteiger charge is -2.09. The lowest BCUT2D eigenvalue weighted by atomic mass is 10.1. The molecule has 0 fully saturated rings. The van der Waals surface area contributed by atoms with Gasteiger partial charge in [0, 0.05) is 6.54 Å². The van der Waals surface area contributed by atoms with Crippen LogP contribution in [0.15, 0.2) is 47.6 Å². The predicted octanol–water partition coefficient (Wildman–Crippen LogP) is 4.00. The molecule has 0 unspecified atom stereocenters. The van der Waals surface area contributed by atoms with Crippen molar-refractivity contribution in [3.63, 3.8) is 0 Å². The number of aryl methyl sites for hydroxylation is 1. The predicted molar refractivity (Wildman–Crippen MR) is 112 cm³/mol. The normalized spacial score (nSPS) is 10.6. The molecule has 2 aromatic carbocycles. The van der Waals surface area contributed by atoms with Crippen molar-refractivity contribution in [1.82, 2.24) is 10.7 Å². The van der Waals surface area contributed by atoms with E-state index in [1.807, 2.05) is 31.2 Å². The maximum Gasteiger partial charge on any atom is 0.186 e. The fourth-order valence-corrected chi connectivity index (χ4v) is 2.94. The molecule has 0 saturated carbocycles. The Morgan fingerprint density at radius 1 is 1.29 bits per heavy atom. The zero-order valence-corrected chi connectivity index (χ0v) is 16.6. The minimum absolute atomic E-state index is 0.515. The van der Waals surface area contributed by atoms with Gasteiger partial charge in [0.25, 0.3) is 0 Å². The SMILES string of the molecule is CCNC(=S)N/N=C\c1ccc(OCc2cccc(C)c2)c(I)c1. The van der Waals surface area contributed by atoms with Gasteiger partial charge in [0.1, 0.15) is 12.4 Å². The Morgan fingerprint density at radius 2 is 2.12 bits per heavy atom. The van der Waals surface area contributed by atoms with Gasteiger partial charge in [-0.15, -0.1) is 0 Å². The number of halogens is 1. The lowest BCUT2D eigenvalue weighted by Crippen LogP contribution is -2.31. The summed E-state index contributed by atoms with van der Waals surface area (Å²) in [7, 11) is 0. The molecular formula is C18H20IN3OS. The van der Waals surface area contributed by atoms with Crippen molar-refractivity contribution in [1.29, 1.82) is 0 Å². The quantitative estimate of drug-likeness (QED) is 0.301. The number of hydrogen-bond acceptors (Lipinski definition) is 3. The van der Waals surface area contributed by atoms with Crippen LogP contribution in [0.4, 0.5) is 0 Å². The highest BCUT2D eigenvalue weighted by atomic mass is 127. The van der Waals surface area contributed by atoms with Crippen molar-refractivity contribution in [2.75, 3.05) is 6.54 Å². The molecule has 0 atom stereocenters. The molecule has 2 N–H and O–H groups in total. The van der Waals surface area contributed by atoms with Gasteiger partial charge in [-0.25, -0.2) is 0 Å². The minimum Gasteiger partial charge on any atom is -0.488 e. The Hall–Kier alpha value is -1.67. The zero-order valence-electron chi connectivity index (χ0n) is 13.7. The van der Waals surface area contributed by atoms with E-state index in [-0.39, 0.29) is 0 Å². The topological polar surface area (TPSA) is 45.7 Å². The van der Waals surface area contributed by atoms with Gasteiger partial charge in [0.15, 0.2) is 5.11 Å². The first-order valence-electron chi connectivity index (χ1n) is 7.63. The summed E-state index contributed by atoms with van der Waals surface area (Å²) >= 11 is 7.32. The molecule has 126 valence electrons. The Labute approximate surface area is 161 Å². The van der Waals surface area contributed by atoms with E-state index in [4.69, 9.17) is 17.0 Å². The molecule has 0 saturated heterocycles. The smallest absolute Gasteiger partial charge is 0.186 e. The molecule has 2 aromatic rings. The Morgan fingerprint density at radius 3 is 2.83 bits per heavy atom. The first-order valence-corrected chi connectivity index (χ1v) is 9.12. The van der Waals surface area contributed by atoms with Crippen LogP contribution in [-0.4, -0.2) is 17.9 Å². The molecule has 24 heavy (non-hydrogen) atoms. The molecule has 0 aromatic heterocycles. The molecular weight excluding hydrogens is 433 g/mol. The molecule has 0 aliphatic heterocycles. The molecule has 0 spiro atoms. The summed E-state index contributed by atoms with van der Waals surface area (Å²) in [6.45, 7) is 5.39. The van der Waals surface area contributed by atoms with Crippen molar-refractivity contribution in [2.45, 2.75) is 20.5 Å². The Bertz CT molecular complexity index is 734. The highest BCUT2D eigenvalue weighted by Gasteiger charge is 2.03. The van der Waals surface area contributed by atoms with Crippen molar-refractivity contribution in [2.24, 2.45) is 5.10 Å². The summed E-state index contributed by atoms with van der Waals surface area (Å²) in [4.78, 5) is 0. The second-order valence-corrected chi connectivity index (χ2v) is 6.77. The molecule has 0 radical (unpaired) electrons. The first-order chi connectivity index (χ1) is 11.6. The van der Waals surface area contributed by atoms with E-state index < -0.39 is 0 Å². The maximum atomic E-state index is 5.91. The van der Waals surface area contributed by atoms with Gasteiger partial charge in [-0.2, -0.15) is 5.10 Å². The van der Waals surface area contributed by atoms with Crippen LogP contribution >= 0.6 is 34.8 Å². The second kappa shape index (κ2) is 9.58. The molecule has 0 aliphatic carbocycles. The maximum absolute atomic E-state index is 5.91. The zero-order chi connectivity index (χ0) is 17.4. The third kappa shape index (κ3) is 6.09. The van der Waals surface area contributed by atoms with E-state index in [1.165, 1.54) is 5.56 Å². The van der Waals surface area contributed by atoms with Crippen molar-refractivity contribution < 1.29 is 4.74 Å². The van der Waals surface area contributed by atoms with Crippen LogP contribution in [0.3, 0.4) is 0 Å². The van der Waals surface area contributed by atoms with Crippen molar-refractivity contribution in [3.8, 4) is 5.75 Å². The minimum atomic E-state index is 0.515. The van der Waals surface area contributed by atoms with Crippen LogP contribution in [0.1, 0.15) is 23.6 Å². The summed E-state index contributed by atoms with van der Waals surface area (Å²) < 4.78 is 6.95. The van der Waals surface area contributed by atoms with E-state index >= 15 is 0 Å². The first kappa shape index (κ1) is 18.7. The Kier molecular flexibility index (Phi) is 7.45. The number of ether oxygens (including phenoxy) is 1. The summed E-state index contributed by atoms with van der Waals surface area (Å²) in [5.41, 5.74) is 6.16. The van der Waals surface area contributed by atoms with E-state index in [2.05, 4.69) is 63.6 Å². The number of benzene rings is 2. The van der Waals surface area contributed by atoms with Crippen LogP contribution in [-0.2, 0) is 6.61 Å². The van der Waals surface area contributed by atoms with Crippen molar-refractivity contribution in [3.05, 3.63) is 62.7 Å². The number of nitrogens with zero attached hydrogens (tertiary/aromatic N) is 1. The van der Waals surface area contributed by atoms with Crippen LogP contribution in [0.2, 0.25) is 0 Å². The summed E-state index contributed by atoms with van der Waals surface area (Å²) in [5, 5.41) is 7.60. The lowest BCUT2D eigenvalue weighted by molar-refractivity contribution is 0.304. The van der Waals surface area contributed by atoms with Gasteiger partial charge in [-0.1, -0.05) is 29.8 Å². The number of rotatable bonds is 6. The molecule has 0 heterocycles. The van der Waals surface area contributed by atoms with Gasteiger partial charge in [-0.3, -0.25) is 5.43 Å². The van der Waals surface area contributed by atoms with E-state index in [0.717, 1.165) is 27.0 Å². The van der Waals surface area contributed by atoms with E-state index in [1.54, 1.807) is 6.21 Å². The van der Waals surface area contributed by atoms with Gasteiger partial charge >= 0.3 is 0 Å². The molecule has 4 nitrogen and oxygen atoms in total. The van der Waals surface area contributed by atoms with Crippen LogP contribution in [0.25, 0.3) is 0 Å². The highest BCUT2D eigenvalue weighted by molar-refractivity contribution is 14.1. The summed E-state index contributed by atoms with van der Waals surface area (Å²) in [6.07, 6.45) is 1.73. The monoisotopic (exact) mass is 453 g/mol. The largest absolute Gasteiger partial charge is 0.488 e. The summed E-state index contributed by atoms with van der Waals surface area (Å²) in [5.74, 6) is 0.866. The number of thiocarbonyl (C=S) groups is 1. The standard InChI is InChI=1S/C18H20IN3OS/c1-3-20-18(24)22-21-11-14-7-8-17(16(19)10-14)23-12-15-6-4-5-13(2)9-15/h4-11H,3,12H2,1-2H3,(H2,20,22,24)/b21-11-. The Balaban J connectivity index is 1.94. The number of hydrogen-bond donors (Lipinski definition) is 2. The average Bonchev–Trinajstić information content (AvgIpc) is 2.54. The third-order valence-corrected chi connectivity index (χ3v) is 4.23.